The molecule has 2 aromatic heterocycles. The van der Waals surface area contributed by atoms with Crippen LogP contribution in [0.3, 0.4) is 0 Å². The number of benzene rings is 2. The number of tetrazole rings is 1. The lowest BCUT2D eigenvalue weighted by atomic mass is 10.1. The molecule has 0 aliphatic rings. The molecule has 1 N–H and O–H groups in total. The quantitative estimate of drug-likeness (QED) is 0.546. The Hall–Kier alpha value is -3.88. The minimum Gasteiger partial charge on any atom is -0.319 e. The van der Waals surface area contributed by atoms with Gasteiger partial charge in [0.05, 0.1) is 18.4 Å². The number of amides is 1. The Kier molecular flexibility index (Phi) is 5.10. The Labute approximate surface area is 166 Å². The largest absolute Gasteiger partial charge is 0.319 e. The normalized spacial score (nSPS) is 10.8. The van der Waals surface area contributed by atoms with Crippen molar-refractivity contribution >= 4 is 11.6 Å². The van der Waals surface area contributed by atoms with Crippen LogP contribution in [0.25, 0.3) is 11.4 Å². The molecule has 4 aromatic rings. The first-order chi connectivity index (χ1) is 14.1. The molecule has 4 rings (SSSR count). The number of aromatic nitrogens is 6. The van der Waals surface area contributed by atoms with E-state index in [2.05, 4.69) is 25.9 Å². The van der Waals surface area contributed by atoms with E-state index in [0.29, 0.717) is 30.2 Å². The van der Waals surface area contributed by atoms with Gasteiger partial charge in [-0.2, -0.15) is 5.10 Å². The minimum atomic E-state index is -0.280. The maximum atomic E-state index is 13.0. The third-order valence-corrected chi connectivity index (χ3v) is 4.36. The Bertz CT molecular complexity index is 1130. The molecule has 146 valence electrons. The number of halogens is 1. The highest BCUT2D eigenvalue weighted by Gasteiger charge is 2.12. The van der Waals surface area contributed by atoms with Gasteiger partial charge in [-0.25, -0.2) is 9.07 Å². The first kappa shape index (κ1) is 18.5. The van der Waals surface area contributed by atoms with Gasteiger partial charge in [0.2, 0.25) is 0 Å². The number of anilines is 1. The van der Waals surface area contributed by atoms with Crippen LogP contribution in [0.15, 0.2) is 60.9 Å². The molecule has 8 nitrogen and oxygen atoms in total. The molecule has 0 atom stereocenters. The summed E-state index contributed by atoms with van der Waals surface area (Å²) in [5, 5.41) is 18.7. The highest BCUT2D eigenvalue weighted by molar-refractivity contribution is 6.04. The van der Waals surface area contributed by atoms with Crippen molar-refractivity contribution in [3.63, 3.8) is 0 Å². The second-order valence-electron chi connectivity index (χ2n) is 6.41. The lowest BCUT2D eigenvalue weighted by Crippen LogP contribution is -2.11. The van der Waals surface area contributed by atoms with Crippen LogP contribution >= 0.6 is 0 Å². The average molecular weight is 391 g/mol. The molecule has 0 unspecified atom stereocenters. The first-order valence-corrected chi connectivity index (χ1v) is 9.07. The summed E-state index contributed by atoms with van der Waals surface area (Å²) in [6.07, 6.45) is 3.30. The van der Waals surface area contributed by atoms with E-state index in [-0.39, 0.29) is 11.7 Å². The van der Waals surface area contributed by atoms with Crippen molar-refractivity contribution in [1.29, 1.82) is 0 Å². The summed E-state index contributed by atoms with van der Waals surface area (Å²) in [4.78, 5) is 12.6. The summed E-state index contributed by atoms with van der Waals surface area (Å²) in [7, 11) is 0. The maximum absolute atomic E-state index is 13.0. The summed E-state index contributed by atoms with van der Waals surface area (Å²) in [6.45, 7) is 3.05. The van der Waals surface area contributed by atoms with Crippen LogP contribution < -0.4 is 5.32 Å². The molecule has 0 saturated heterocycles. The molecule has 29 heavy (non-hydrogen) atoms. The monoisotopic (exact) mass is 391 g/mol. The lowest BCUT2D eigenvalue weighted by Gasteiger charge is -2.06. The number of nitrogens with one attached hydrogen (secondary N) is 1. The average Bonchev–Trinajstić information content (AvgIpc) is 3.39. The van der Waals surface area contributed by atoms with Crippen LogP contribution in [0, 0.1) is 5.82 Å². The molecular formula is C20H18FN7O. The summed E-state index contributed by atoms with van der Waals surface area (Å²) in [5.41, 5.74) is 2.73. The fourth-order valence-electron chi connectivity index (χ4n) is 2.92. The molecular weight excluding hydrogens is 373 g/mol. The number of hydrogen-bond donors (Lipinski definition) is 1. The molecule has 0 bridgehead atoms. The number of carbonyl (C=O) groups excluding carboxylic acids is 1. The van der Waals surface area contributed by atoms with Gasteiger partial charge in [0, 0.05) is 23.9 Å². The van der Waals surface area contributed by atoms with Crippen LogP contribution in [0.2, 0.25) is 0 Å². The predicted molar refractivity (Wildman–Crippen MR) is 105 cm³/mol. The first-order valence-electron chi connectivity index (χ1n) is 9.07. The van der Waals surface area contributed by atoms with E-state index < -0.39 is 0 Å². The zero-order valence-electron chi connectivity index (χ0n) is 15.7. The van der Waals surface area contributed by atoms with Crippen molar-refractivity contribution < 1.29 is 9.18 Å². The SMILES string of the molecule is CCn1nnnc1-c1cccc(C(=O)Nc2cnn(Cc3ccc(F)cc3)c2)c1. The zero-order valence-corrected chi connectivity index (χ0v) is 15.7. The number of carbonyl (C=O) groups is 1. The van der Waals surface area contributed by atoms with Crippen molar-refractivity contribution in [1.82, 2.24) is 30.0 Å². The molecule has 0 aliphatic carbocycles. The van der Waals surface area contributed by atoms with Crippen molar-refractivity contribution in [3.05, 3.63) is 77.9 Å². The Balaban J connectivity index is 1.47. The molecule has 1 amide bonds. The third kappa shape index (κ3) is 4.18. The van der Waals surface area contributed by atoms with Crippen molar-refractivity contribution in [2.75, 3.05) is 5.32 Å². The van der Waals surface area contributed by atoms with Crippen molar-refractivity contribution in [2.45, 2.75) is 20.0 Å². The fourth-order valence-corrected chi connectivity index (χ4v) is 2.92. The summed E-state index contributed by atoms with van der Waals surface area (Å²) in [6, 6.07) is 13.3. The van der Waals surface area contributed by atoms with Crippen molar-refractivity contribution in [3.8, 4) is 11.4 Å². The molecule has 0 aliphatic heterocycles. The number of aryl methyl sites for hydroxylation is 1. The van der Waals surface area contributed by atoms with Gasteiger partial charge in [0.25, 0.3) is 5.91 Å². The standard InChI is InChI=1S/C20H18FN7O/c1-2-28-19(24-25-26-28)15-4-3-5-16(10-15)20(29)23-18-11-22-27(13-18)12-14-6-8-17(21)9-7-14/h3-11,13H,2,12H2,1H3,(H,23,29). The van der Waals surface area contributed by atoms with Gasteiger partial charge < -0.3 is 5.32 Å². The van der Waals surface area contributed by atoms with Gasteiger partial charge in [-0.3, -0.25) is 9.48 Å². The van der Waals surface area contributed by atoms with Crippen LogP contribution in [0.1, 0.15) is 22.8 Å². The highest BCUT2D eigenvalue weighted by atomic mass is 19.1. The van der Waals surface area contributed by atoms with E-state index in [1.54, 1.807) is 52.1 Å². The molecule has 0 radical (unpaired) electrons. The second-order valence-corrected chi connectivity index (χ2v) is 6.41. The lowest BCUT2D eigenvalue weighted by molar-refractivity contribution is 0.102. The minimum absolute atomic E-state index is 0.260. The van der Waals surface area contributed by atoms with Gasteiger partial charge in [-0.1, -0.05) is 24.3 Å². The molecule has 9 heteroatoms. The van der Waals surface area contributed by atoms with Gasteiger partial charge in [-0.05, 0) is 47.2 Å². The van der Waals surface area contributed by atoms with Crippen molar-refractivity contribution in [2.24, 2.45) is 0 Å². The smallest absolute Gasteiger partial charge is 0.255 e. The number of nitrogens with zero attached hydrogens (tertiary/aromatic N) is 6. The van der Waals surface area contributed by atoms with E-state index in [1.165, 1.54) is 12.1 Å². The molecule has 2 heterocycles. The van der Waals surface area contributed by atoms with Gasteiger partial charge in [0.1, 0.15) is 5.82 Å². The van der Waals surface area contributed by atoms with Gasteiger partial charge in [0.15, 0.2) is 5.82 Å². The van der Waals surface area contributed by atoms with Gasteiger partial charge in [-0.15, -0.1) is 5.10 Å². The molecule has 0 fully saturated rings. The second kappa shape index (κ2) is 8.01. The number of hydrogen-bond acceptors (Lipinski definition) is 5. The van der Waals surface area contributed by atoms with Crippen LogP contribution in [0.5, 0.6) is 0 Å². The summed E-state index contributed by atoms with van der Waals surface area (Å²) >= 11 is 0. The van der Waals surface area contributed by atoms with E-state index in [1.807, 2.05) is 13.0 Å². The molecule has 0 spiro atoms. The van der Waals surface area contributed by atoms with Crippen LogP contribution in [-0.2, 0) is 13.1 Å². The Morgan fingerprint density at radius 2 is 2.00 bits per heavy atom. The number of rotatable bonds is 6. The van der Waals surface area contributed by atoms with Gasteiger partial charge >= 0.3 is 0 Å². The maximum Gasteiger partial charge on any atom is 0.255 e. The fraction of sp³-hybridized carbons (Fsp3) is 0.150. The summed E-state index contributed by atoms with van der Waals surface area (Å²) < 4.78 is 16.4. The van der Waals surface area contributed by atoms with E-state index in [0.717, 1.165) is 11.1 Å². The highest BCUT2D eigenvalue weighted by Crippen LogP contribution is 2.18. The predicted octanol–water partition coefficient (Wildman–Crippen LogP) is 3.00. The topological polar surface area (TPSA) is 90.5 Å². The molecule has 0 saturated carbocycles. The van der Waals surface area contributed by atoms with Crippen LogP contribution in [-0.4, -0.2) is 35.9 Å². The van der Waals surface area contributed by atoms with E-state index in [9.17, 15) is 9.18 Å². The third-order valence-electron chi connectivity index (χ3n) is 4.36. The molecule has 2 aromatic carbocycles. The Morgan fingerprint density at radius 3 is 2.79 bits per heavy atom. The summed E-state index contributed by atoms with van der Waals surface area (Å²) in [5.74, 6) is 0.0651. The zero-order chi connectivity index (χ0) is 20.2. The van der Waals surface area contributed by atoms with Crippen LogP contribution in [0.4, 0.5) is 10.1 Å². The van der Waals surface area contributed by atoms with E-state index >= 15 is 0 Å². The van der Waals surface area contributed by atoms with E-state index in [4.69, 9.17) is 0 Å². The Morgan fingerprint density at radius 1 is 1.17 bits per heavy atom.